The summed E-state index contributed by atoms with van der Waals surface area (Å²) in [5.41, 5.74) is 3.69. The first-order valence-electron chi connectivity index (χ1n) is 7.11. The minimum Gasteiger partial charge on any atom is -0.269 e. The van der Waals surface area contributed by atoms with Crippen molar-refractivity contribution in [3.05, 3.63) is 40.4 Å². The summed E-state index contributed by atoms with van der Waals surface area (Å²) in [5, 5.41) is 2.90. The SMILES string of the molecule is CCC/C=C/[C@H]1C[C@H]2Cc3ccc(Cl)c(C)c3N1O2. The van der Waals surface area contributed by atoms with Gasteiger partial charge in [0.25, 0.3) is 0 Å². The summed E-state index contributed by atoms with van der Waals surface area (Å²) in [6, 6.07) is 4.50. The molecule has 2 bridgehead atoms. The number of benzene rings is 1. The molecule has 3 rings (SSSR count). The van der Waals surface area contributed by atoms with E-state index >= 15 is 0 Å². The van der Waals surface area contributed by atoms with Gasteiger partial charge in [0.15, 0.2) is 0 Å². The molecule has 0 aromatic heterocycles. The fourth-order valence-corrected chi connectivity index (χ4v) is 3.16. The van der Waals surface area contributed by atoms with Crippen molar-refractivity contribution in [2.75, 3.05) is 5.06 Å². The van der Waals surface area contributed by atoms with Crippen LogP contribution in [0.25, 0.3) is 0 Å². The van der Waals surface area contributed by atoms with Gasteiger partial charge in [-0.15, -0.1) is 0 Å². The van der Waals surface area contributed by atoms with E-state index in [0.29, 0.717) is 12.1 Å². The predicted molar refractivity (Wildman–Crippen MR) is 79.7 cm³/mol. The number of anilines is 1. The van der Waals surface area contributed by atoms with Gasteiger partial charge in [-0.2, -0.15) is 0 Å². The summed E-state index contributed by atoms with van der Waals surface area (Å²) >= 11 is 6.26. The van der Waals surface area contributed by atoms with E-state index in [0.717, 1.165) is 29.8 Å². The zero-order chi connectivity index (χ0) is 13.4. The molecule has 0 spiro atoms. The number of hydrogen-bond donors (Lipinski definition) is 0. The molecule has 2 aliphatic rings. The lowest BCUT2D eigenvalue weighted by atomic mass is 10.0. The van der Waals surface area contributed by atoms with Crippen LogP contribution in [0.4, 0.5) is 5.69 Å². The molecule has 2 nitrogen and oxygen atoms in total. The van der Waals surface area contributed by atoms with E-state index in [1.165, 1.54) is 17.7 Å². The lowest BCUT2D eigenvalue weighted by Crippen LogP contribution is -2.31. The van der Waals surface area contributed by atoms with Crippen LogP contribution in [0, 0.1) is 6.92 Å². The number of hydroxylamine groups is 1. The predicted octanol–water partition coefficient (Wildman–Crippen LogP) is 4.44. The van der Waals surface area contributed by atoms with Gasteiger partial charge in [0.1, 0.15) is 0 Å². The Labute approximate surface area is 120 Å². The molecule has 0 saturated carbocycles. The van der Waals surface area contributed by atoms with Crippen LogP contribution in [0.1, 0.15) is 37.3 Å². The highest BCUT2D eigenvalue weighted by Crippen LogP contribution is 2.42. The van der Waals surface area contributed by atoms with Crippen molar-refractivity contribution in [3.63, 3.8) is 0 Å². The molecule has 0 unspecified atom stereocenters. The van der Waals surface area contributed by atoms with Gasteiger partial charge in [-0.05, 0) is 30.5 Å². The highest BCUT2D eigenvalue weighted by atomic mass is 35.5. The molecule has 0 N–H and O–H groups in total. The zero-order valence-electron chi connectivity index (χ0n) is 11.5. The van der Waals surface area contributed by atoms with Gasteiger partial charge in [-0.1, -0.05) is 43.2 Å². The first kappa shape index (κ1) is 13.0. The van der Waals surface area contributed by atoms with Crippen LogP contribution < -0.4 is 5.06 Å². The average Bonchev–Trinajstić information content (AvgIpc) is 2.72. The molecule has 1 fully saturated rings. The van der Waals surface area contributed by atoms with Gasteiger partial charge in [0.2, 0.25) is 0 Å². The first-order valence-corrected chi connectivity index (χ1v) is 7.49. The van der Waals surface area contributed by atoms with E-state index in [-0.39, 0.29) is 0 Å². The van der Waals surface area contributed by atoms with E-state index in [9.17, 15) is 0 Å². The van der Waals surface area contributed by atoms with Crippen molar-refractivity contribution in [1.82, 2.24) is 0 Å². The second-order valence-corrected chi connectivity index (χ2v) is 5.86. The third kappa shape index (κ3) is 2.28. The van der Waals surface area contributed by atoms with Gasteiger partial charge in [-0.3, -0.25) is 4.84 Å². The van der Waals surface area contributed by atoms with Gasteiger partial charge in [-0.25, -0.2) is 5.06 Å². The molecule has 2 heterocycles. The Hall–Kier alpha value is -0.990. The van der Waals surface area contributed by atoms with Crippen LogP contribution in [-0.4, -0.2) is 12.1 Å². The van der Waals surface area contributed by atoms with Gasteiger partial charge < -0.3 is 0 Å². The maximum atomic E-state index is 6.26. The standard InChI is InChI=1S/C16H20ClNO/c1-3-4-5-6-13-10-14-9-12-7-8-15(17)11(2)16(12)18(13)19-14/h5-8,13-14H,3-4,9-10H2,1-2H3/b6-5+/t13-,14+/m0/s1. The largest absolute Gasteiger partial charge is 0.269 e. The second-order valence-electron chi connectivity index (χ2n) is 5.46. The maximum absolute atomic E-state index is 6.26. The van der Waals surface area contributed by atoms with Crippen LogP contribution >= 0.6 is 11.6 Å². The molecule has 1 saturated heterocycles. The number of unbranched alkanes of at least 4 members (excludes halogenated alkanes) is 1. The number of nitrogens with zero attached hydrogens (tertiary/aromatic N) is 1. The van der Waals surface area contributed by atoms with E-state index in [2.05, 4.69) is 37.1 Å². The van der Waals surface area contributed by atoms with Crippen molar-refractivity contribution < 1.29 is 4.84 Å². The summed E-state index contributed by atoms with van der Waals surface area (Å²) in [6.07, 6.45) is 9.29. The summed E-state index contributed by atoms with van der Waals surface area (Å²) < 4.78 is 0. The highest BCUT2D eigenvalue weighted by Gasteiger charge is 2.39. The fraction of sp³-hybridized carbons (Fsp3) is 0.500. The van der Waals surface area contributed by atoms with Crippen molar-refractivity contribution in [2.24, 2.45) is 0 Å². The van der Waals surface area contributed by atoms with Crippen molar-refractivity contribution in [2.45, 2.75) is 51.7 Å². The summed E-state index contributed by atoms with van der Waals surface area (Å²) in [7, 11) is 0. The maximum Gasteiger partial charge on any atom is 0.0921 e. The summed E-state index contributed by atoms with van der Waals surface area (Å²) in [6.45, 7) is 4.28. The van der Waals surface area contributed by atoms with Crippen molar-refractivity contribution >= 4 is 17.3 Å². The van der Waals surface area contributed by atoms with E-state index < -0.39 is 0 Å². The molecular weight excluding hydrogens is 258 g/mol. The monoisotopic (exact) mass is 277 g/mol. The van der Waals surface area contributed by atoms with Crippen molar-refractivity contribution in [3.8, 4) is 0 Å². The number of fused-ring (bicyclic) bond motifs is 4. The Morgan fingerprint density at radius 2 is 2.32 bits per heavy atom. The fourth-order valence-electron chi connectivity index (χ4n) is 3.01. The van der Waals surface area contributed by atoms with Gasteiger partial charge in [0, 0.05) is 17.9 Å². The van der Waals surface area contributed by atoms with Gasteiger partial charge >= 0.3 is 0 Å². The Balaban J connectivity index is 1.94. The number of allylic oxidation sites excluding steroid dienone is 1. The third-order valence-electron chi connectivity index (χ3n) is 4.00. The molecule has 1 aromatic rings. The smallest absolute Gasteiger partial charge is 0.0921 e. The minimum atomic E-state index is 0.323. The average molecular weight is 278 g/mol. The molecule has 2 aliphatic heterocycles. The van der Waals surface area contributed by atoms with E-state index in [4.69, 9.17) is 16.4 Å². The Kier molecular flexibility index (Phi) is 3.55. The van der Waals surface area contributed by atoms with E-state index in [1.807, 2.05) is 6.07 Å². The molecular formula is C16H20ClNO. The molecule has 2 atom stereocenters. The molecule has 19 heavy (non-hydrogen) atoms. The molecule has 3 heteroatoms. The number of hydrogen-bond acceptors (Lipinski definition) is 2. The molecule has 0 amide bonds. The number of rotatable bonds is 3. The van der Waals surface area contributed by atoms with Crippen LogP contribution in [0.3, 0.4) is 0 Å². The third-order valence-corrected chi connectivity index (χ3v) is 4.41. The van der Waals surface area contributed by atoms with Crippen LogP contribution in [0.5, 0.6) is 0 Å². The lowest BCUT2D eigenvalue weighted by Gasteiger charge is -2.31. The summed E-state index contributed by atoms with van der Waals surface area (Å²) in [5.74, 6) is 0. The number of halogens is 1. The first-order chi connectivity index (χ1) is 9.20. The van der Waals surface area contributed by atoms with Crippen LogP contribution in [0.15, 0.2) is 24.3 Å². The molecule has 0 radical (unpaired) electrons. The van der Waals surface area contributed by atoms with Crippen LogP contribution in [0.2, 0.25) is 5.02 Å². The van der Waals surface area contributed by atoms with Crippen LogP contribution in [-0.2, 0) is 11.3 Å². The summed E-state index contributed by atoms with van der Waals surface area (Å²) in [4.78, 5) is 6.03. The zero-order valence-corrected chi connectivity index (χ0v) is 12.3. The molecule has 1 aromatic carbocycles. The second kappa shape index (κ2) is 5.18. The minimum absolute atomic E-state index is 0.323. The normalized spacial score (nSPS) is 25.1. The Morgan fingerprint density at radius 3 is 3.11 bits per heavy atom. The van der Waals surface area contributed by atoms with Gasteiger partial charge in [0.05, 0.1) is 17.8 Å². The lowest BCUT2D eigenvalue weighted by molar-refractivity contribution is 0.0750. The topological polar surface area (TPSA) is 12.5 Å². The highest BCUT2D eigenvalue weighted by molar-refractivity contribution is 6.31. The Bertz CT molecular complexity index is 512. The van der Waals surface area contributed by atoms with Crippen molar-refractivity contribution in [1.29, 1.82) is 0 Å². The quantitative estimate of drug-likeness (QED) is 0.758. The molecule has 102 valence electrons. The Morgan fingerprint density at radius 1 is 1.47 bits per heavy atom. The van der Waals surface area contributed by atoms with E-state index in [1.54, 1.807) is 0 Å². The molecule has 0 aliphatic carbocycles.